The molecule has 8 heteroatoms. The van der Waals surface area contributed by atoms with E-state index in [4.69, 9.17) is 9.94 Å². The van der Waals surface area contributed by atoms with E-state index >= 15 is 0 Å². The molecule has 0 radical (unpaired) electrons. The summed E-state index contributed by atoms with van der Waals surface area (Å²) in [6.45, 7) is 6.23. The van der Waals surface area contributed by atoms with E-state index in [1.54, 1.807) is 0 Å². The third kappa shape index (κ3) is 9.92. The van der Waals surface area contributed by atoms with Crippen molar-refractivity contribution in [1.29, 1.82) is 0 Å². The summed E-state index contributed by atoms with van der Waals surface area (Å²) in [6, 6.07) is 0. The van der Waals surface area contributed by atoms with Crippen LogP contribution in [0.4, 0.5) is 0 Å². The van der Waals surface area contributed by atoms with Crippen LogP contribution in [0.1, 0.15) is 0 Å². The molecule has 3 N–H and O–H groups in total. The van der Waals surface area contributed by atoms with Gasteiger partial charge in [-0.1, -0.05) is 6.58 Å². The number of rotatable bonds is 11. The predicted molar refractivity (Wildman–Crippen MR) is 81.7 cm³/mol. The number of quaternary nitrogens is 1. The Kier molecular flexibility index (Phi) is 9.07. The summed E-state index contributed by atoms with van der Waals surface area (Å²) in [7, 11) is 7.57. The van der Waals surface area contributed by atoms with Crippen LogP contribution in [0.5, 0.6) is 0 Å². The number of likely N-dealkylation sites (N-methyl/N-ethyl adjacent to an activating group) is 1. The number of nitrogens with one attached hydrogen (secondary N) is 2. The Morgan fingerprint density at radius 3 is 2.36 bits per heavy atom. The first kappa shape index (κ1) is 20.1. The molecule has 0 aliphatic heterocycles. The van der Waals surface area contributed by atoms with Gasteiger partial charge in [0.05, 0.1) is 34.8 Å². The molecule has 126 valence electrons. The van der Waals surface area contributed by atoms with Crippen molar-refractivity contribution in [3.63, 3.8) is 0 Å². The van der Waals surface area contributed by atoms with Gasteiger partial charge in [0, 0.05) is 25.7 Å². The van der Waals surface area contributed by atoms with Crippen LogP contribution in [-0.4, -0.2) is 76.0 Å². The molecule has 0 saturated carbocycles. The lowest BCUT2D eigenvalue weighted by Gasteiger charge is -2.23. The molecule has 0 fully saturated rings. The van der Waals surface area contributed by atoms with Gasteiger partial charge in [-0.05, 0) is 0 Å². The summed E-state index contributed by atoms with van der Waals surface area (Å²) < 4.78 is 5.55. The van der Waals surface area contributed by atoms with E-state index in [9.17, 15) is 9.59 Å². The van der Waals surface area contributed by atoms with Gasteiger partial charge in [0.25, 0.3) is 0 Å². The molecule has 0 amide bonds. The average Bonchev–Trinajstić information content (AvgIpc) is 2.41. The predicted octanol–water partition coefficient (Wildman–Crippen LogP) is -0.499. The van der Waals surface area contributed by atoms with E-state index in [0.29, 0.717) is 13.1 Å². The first-order chi connectivity index (χ1) is 10.2. The molecular formula is C14H26N3O5+. The van der Waals surface area contributed by atoms with Crippen LogP contribution in [0, 0.1) is 0 Å². The third-order valence-corrected chi connectivity index (χ3v) is 2.58. The maximum atomic E-state index is 11.5. The van der Waals surface area contributed by atoms with Gasteiger partial charge in [-0.2, -0.15) is 5.48 Å². The zero-order chi connectivity index (χ0) is 17.2. The fourth-order valence-corrected chi connectivity index (χ4v) is 1.32. The van der Waals surface area contributed by atoms with Crippen LogP contribution < -0.4 is 10.8 Å². The first-order valence-electron chi connectivity index (χ1n) is 6.80. The number of hydrogen-bond acceptors (Lipinski definition) is 6. The highest BCUT2D eigenvalue weighted by Crippen LogP contribution is 2.08. The number of aliphatic carboxylic acids is 1. The Balaban J connectivity index is 3.99. The molecular weight excluding hydrogens is 290 g/mol. The van der Waals surface area contributed by atoms with Gasteiger partial charge in [0.15, 0.2) is 0 Å². The minimum Gasteiger partial charge on any atom is -0.496 e. The van der Waals surface area contributed by atoms with Crippen molar-refractivity contribution in [3.05, 3.63) is 24.0 Å². The van der Waals surface area contributed by atoms with Gasteiger partial charge in [-0.3, -0.25) is 0 Å². The van der Waals surface area contributed by atoms with E-state index in [1.807, 2.05) is 0 Å². The van der Waals surface area contributed by atoms with Crippen LogP contribution in [0.25, 0.3) is 0 Å². The quantitative estimate of drug-likeness (QED) is 0.118. The molecule has 0 rings (SSSR count). The van der Waals surface area contributed by atoms with E-state index in [1.165, 1.54) is 7.11 Å². The standard InChI is InChI=1S/C14H25N3O5/c1-11(21-5)12(14(19)20)10-13(18)22-16-7-6-15-8-9-17(2,3)4/h10,15-16H,1,6-9H2,2-5H3/p+1/b12-10-. The monoisotopic (exact) mass is 316 g/mol. The number of nitrogens with zero attached hydrogens (tertiary/aromatic N) is 1. The van der Waals surface area contributed by atoms with Crippen LogP contribution in [0.3, 0.4) is 0 Å². The van der Waals surface area contributed by atoms with Crippen LogP contribution in [0.2, 0.25) is 0 Å². The number of carbonyl (C=O) groups excluding carboxylic acids is 1. The second-order valence-corrected chi connectivity index (χ2v) is 5.57. The van der Waals surface area contributed by atoms with Crippen molar-refractivity contribution in [1.82, 2.24) is 10.8 Å². The lowest BCUT2D eigenvalue weighted by molar-refractivity contribution is -0.869. The molecule has 22 heavy (non-hydrogen) atoms. The second-order valence-electron chi connectivity index (χ2n) is 5.57. The highest BCUT2D eigenvalue weighted by Gasteiger charge is 2.15. The number of hydroxylamine groups is 1. The van der Waals surface area contributed by atoms with Crippen molar-refractivity contribution < 1.29 is 28.8 Å². The molecule has 0 atom stereocenters. The SMILES string of the molecule is C=C(OC)/C(=C/C(=O)ONCCNCC[N+](C)(C)C)C(=O)O. The van der Waals surface area contributed by atoms with Crippen molar-refractivity contribution in [2.45, 2.75) is 0 Å². The molecule has 0 spiro atoms. The molecule has 0 aliphatic carbocycles. The average molecular weight is 316 g/mol. The van der Waals surface area contributed by atoms with Crippen LogP contribution in [0.15, 0.2) is 24.0 Å². The normalized spacial score (nSPS) is 11.9. The Bertz CT molecular complexity index is 427. The topological polar surface area (TPSA) is 96.9 Å². The molecule has 0 aromatic carbocycles. The number of hydrogen-bond donors (Lipinski definition) is 3. The molecule has 0 heterocycles. The fraction of sp³-hybridized carbons (Fsp3) is 0.571. The maximum absolute atomic E-state index is 11.5. The summed E-state index contributed by atoms with van der Waals surface area (Å²) in [5.74, 6) is -2.26. The van der Waals surface area contributed by atoms with Crippen LogP contribution >= 0.6 is 0 Å². The van der Waals surface area contributed by atoms with Crippen molar-refractivity contribution in [2.24, 2.45) is 0 Å². The van der Waals surface area contributed by atoms with Gasteiger partial charge in [0.2, 0.25) is 0 Å². The van der Waals surface area contributed by atoms with E-state index in [-0.39, 0.29) is 11.3 Å². The van der Waals surface area contributed by atoms with Gasteiger partial charge in [-0.15, -0.1) is 0 Å². The lowest BCUT2D eigenvalue weighted by Crippen LogP contribution is -2.41. The van der Waals surface area contributed by atoms with Crippen molar-refractivity contribution in [3.8, 4) is 0 Å². The van der Waals surface area contributed by atoms with Gasteiger partial charge >= 0.3 is 11.9 Å². The van der Waals surface area contributed by atoms with Gasteiger partial charge in [-0.25, -0.2) is 9.59 Å². The summed E-state index contributed by atoms with van der Waals surface area (Å²) in [4.78, 5) is 27.1. The first-order valence-corrected chi connectivity index (χ1v) is 6.80. The second kappa shape index (κ2) is 9.93. The van der Waals surface area contributed by atoms with Gasteiger partial charge in [0.1, 0.15) is 11.3 Å². The molecule has 8 nitrogen and oxygen atoms in total. The molecule has 0 saturated heterocycles. The molecule has 0 aliphatic rings. The fourth-order valence-electron chi connectivity index (χ4n) is 1.32. The number of ether oxygens (including phenoxy) is 1. The number of carboxylic acids is 1. The summed E-state index contributed by atoms with van der Waals surface area (Å²) >= 11 is 0. The van der Waals surface area contributed by atoms with E-state index in [0.717, 1.165) is 23.6 Å². The maximum Gasteiger partial charge on any atom is 0.350 e. The van der Waals surface area contributed by atoms with Crippen molar-refractivity contribution >= 4 is 11.9 Å². The largest absolute Gasteiger partial charge is 0.496 e. The van der Waals surface area contributed by atoms with E-state index in [2.05, 4.69) is 43.3 Å². The number of methoxy groups -OCH3 is 1. The van der Waals surface area contributed by atoms with Gasteiger partial charge < -0.3 is 24.5 Å². The number of carboxylic acid groups (broad SMARTS) is 1. The number of carbonyl (C=O) groups is 2. The van der Waals surface area contributed by atoms with Crippen molar-refractivity contribution in [2.75, 3.05) is 54.4 Å². The molecule has 0 bridgehead atoms. The smallest absolute Gasteiger partial charge is 0.350 e. The zero-order valence-electron chi connectivity index (χ0n) is 13.6. The Hall–Kier alpha value is -1.90. The lowest BCUT2D eigenvalue weighted by atomic mass is 10.2. The van der Waals surface area contributed by atoms with Crippen LogP contribution in [-0.2, 0) is 19.2 Å². The molecule has 0 unspecified atom stereocenters. The minimum absolute atomic E-state index is 0.119. The minimum atomic E-state index is -1.31. The highest BCUT2D eigenvalue weighted by atomic mass is 16.7. The molecule has 0 aromatic rings. The molecule has 0 aromatic heterocycles. The summed E-state index contributed by atoms with van der Waals surface area (Å²) in [6.07, 6.45) is 0.811. The summed E-state index contributed by atoms with van der Waals surface area (Å²) in [5.41, 5.74) is 2.11. The Morgan fingerprint density at radius 1 is 1.23 bits per heavy atom. The highest BCUT2D eigenvalue weighted by molar-refractivity contribution is 5.98. The Labute approximate surface area is 130 Å². The zero-order valence-corrected chi connectivity index (χ0v) is 13.6. The third-order valence-electron chi connectivity index (χ3n) is 2.58. The van der Waals surface area contributed by atoms with E-state index < -0.39 is 11.9 Å². The Morgan fingerprint density at radius 2 is 1.86 bits per heavy atom. The summed E-state index contributed by atoms with van der Waals surface area (Å²) in [5, 5.41) is 12.1.